The van der Waals surface area contributed by atoms with Gasteiger partial charge in [-0.25, -0.2) is 4.39 Å². The van der Waals surface area contributed by atoms with Crippen LogP contribution in [0.3, 0.4) is 0 Å². The molecule has 0 aliphatic rings. The Morgan fingerprint density at radius 3 is 2.70 bits per heavy atom. The van der Waals surface area contributed by atoms with Gasteiger partial charge in [-0.05, 0) is 41.8 Å². The van der Waals surface area contributed by atoms with Crippen molar-refractivity contribution in [2.75, 3.05) is 0 Å². The Labute approximate surface area is 118 Å². The fourth-order valence-electron chi connectivity index (χ4n) is 1.88. The van der Waals surface area contributed by atoms with Crippen molar-refractivity contribution >= 4 is 0 Å². The van der Waals surface area contributed by atoms with Gasteiger partial charge >= 0.3 is 0 Å². The van der Waals surface area contributed by atoms with E-state index in [0.29, 0.717) is 22.8 Å². The number of rotatable bonds is 4. The minimum absolute atomic E-state index is 0.114. The number of nitrogens with zero attached hydrogens (tertiary/aromatic N) is 1. The van der Waals surface area contributed by atoms with E-state index >= 15 is 0 Å². The van der Waals surface area contributed by atoms with Crippen LogP contribution < -0.4 is 4.74 Å². The lowest BCUT2D eigenvalue weighted by atomic mass is 10.0. The summed E-state index contributed by atoms with van der Waals surface area (Å²) in [7, 11) is 0. The van der Waals surface area contributed by atoms with Crippen LogP contribution in [0, 0.1) is 17.1 Å². The van der Waals surface area contributed by atoms with Gasteiger partial charge in [-0.1, -0.05) is 26.0 Å². The minimum Gasteiger partial charge on any atom is -0.489 e. The Balaban J connectivity index is 2.13. The highest BCUT2D eigenvalue weighted by atomic mass is 19.1. The van der Waals surface area contributed by atoms with E-state index in [0.717, 1.165) is 0 Å². The van der Waals surface area contributed by atoms with Gasteiger partial charge < -0.3 is 4.74 Å². The Bertz CT molecular complexity index is 644. The zero-order chi connectivity index (χ0) is 14.5. The fraction of sp³-hybridized carbons (Fsp3) is 0.235. The summed E-state index contributed by atoms with van der Waals surface area (Å²) in [6.07, 6.45) is 0. The smallest absolute Gasteiger partial charge is 0.129 e. The van der Waals surface area contributed by atoms with E-state index in [9.17, 15) is 4.39 Å². The number of hydrogen-bond donors (Lipinski definition) is 0. The molecule has 0 radical (unpaired) electrons. The Hall–Kier alpha value is -2.34. The fourth-order valence-corrected chi connectivity index (χ4v) is 1.88. The van der Waals surface area contributed by atoms with Crippen molar-refractivity contribution in [2.24, 2.45) is 0 Å². The first-order valence-corrected chi connectivity index (χ1v) is 6.51. The van der Waals surface area contributed by atoms with E-state index < -0.39 is 0 Å². The third-order valence-electron chi connectivity index (χ3n) is 3.09. The lowest BCUT2D eigenvalue weighted by Gasteiger charge is -2.10. The van der Waals surface area contributed by atoms with Gasteiger partial charge in [0.25, 0.3) is 0 Å². The van der Waals surface area contributed by atoms with Crippen molar-refractivity contribution in [3.05, 3.63) is 65.0 Å². The molecule has 0 amide bonds. The molecule has 2 nitrogen and oxygen atoms in total. The van der Waals surface area contributed by atoms with E-state index in [2.05, 4.69) is 13.8 Å². The Morgan fingerprint density at radius 1 is 1.20 bits per heavy atom. The molecule has 0 N–H and O–H groups in total. The average molecular weight is 269 g/mol. The van der Waals surface area contributed by atoms with Crippen LogP contribution in [0.15, 0.2) is 42.5 Å². The lowest BCUT2D eigenvalue weighted by Crippen LogP contribution is -2.00. The maximum absolute atomic E-state index is 13.6. The van der Waals surface area contributed by atoms with Gasteiger partial charge in [0.05, 0.1) is 11.6 Å². The highest BCUT2D eigenvalue weighted by molar-refractivity contribution is 5.34. The quantitative estimate of drug-likeness (QED) is 0.824. The van der Waals surface area contributed by atoms with E-state index in [4.69, 9.17) is 10.00 Å². The molecule has 2 rings (SSSR count). The second-order valence-corrected chi connectivity index (χ2v) is 4.93. The van der Waals surface area contributed by atoms with Gasteiger partial charge in [0.1, 0.15) is 18.2 Å². The minimum atomic E-state index is -0.357. The lowest BCUT2D eigenvalue weighted by molar-refractivity contribution is 0.299. The summed E-state index contributed by atoms with van der Waals surface area (Å²) in [5.41, 5.74) is 1.99. The van der Waals surface area contributed by atoms with Crippen LogP contribution in [0.1, 0.15) is 36.5 Å². The van der Waals surface area contributed by atoms with Crippen LogP contribution in [-0.2, 0) is 6.61 Å². The van der Waals surface area contributed by atoms with E-state index in [1.54, 1.807) is 0 Å². The predicted molar refractivity (Wildman–Crippen MR) is 76.0 cm³/mol. The number of benzene rings is 2. The summed E-state index contributed by atoms with van der Waals surface area (Å²) in [5, 5.41) is 8.82. The normalized spacial score (nSPS) is 10.3. The first kappa shape index (κ1) is 14.1. The molecule has 0 aliphatic carbocycles. The van der Waals surface area contributed by atoms with Crippen molar-refractivity contribution in [1.82, 2.24) is 0 Å². The summed E-state index contributed by atoms with van der Waals surface area (Å²) in [6.45, 7) is 4.33. The monoisotopic (exact) mass is 269 g/mol. The van der Waals surface area contributed by atoms with Crippen molar-refractivity contribution in [2.45, 2.75) is 26.4 Å². The maximum Gasteiger partial charge on any atom is 0.129 e. The van der Waals surface area contributed by atoms with Crippen molar-refractivity contribution < 1.29 is 9.13 Å². The molecule has 20 heavy (non-hydrogen) atoms. The summed E-state index contributed by atoms with van der Waals surface area (Å²) in [5.74, 6) is 0.763. The molecule has 102 valence electrons. The van der Waals surface area contributed by atoms with E-state index in [1.165, 1.54) is 23.8 Å². The first-order valence-electron chi connectivity index (χ1n) is 6.51. The molecule has 0 bridgehead atoms. The highest BCUT2D eigenvalue weighted by Gasteiger charge is 2.06. The predicted octanol–water partition coefficient (Wildman–Crippen LogP) is 4.40. The number of halogens is 1. The van der Waals surface area contributed by atoms with Crippen LogP contribution in [0.5, 0.6) is 5.75 Å². The second-order valence-electron chi connectivity index (χ2n) is 4.93. The van der Waals surface area contributed by atoms with Crippen LogP contribution in [0.2, 0.25) is 0 Å². The molecule has 0 heterocycles. The number of ether oxygens (including phenoxy) is 1. The first-order chi connectivity index (χ1) is 9.60. The summed E-state index contributed by atoms with van der Waals surface area (Å²) in [4.78, 5) is 0. The third-order valence-corrected chi connectivity index (χ3v) is 3.09. The topological polar surface area (TPSA) is 33.0 Å². The average Bonchev–Trinajstić information content (AvgIpc) is 2.46. The van der Waals surface area contributed by atoms with Gasteiger partial charge in [-0.2, -0.15) is 5.26 Å². The molecule has 0 fully saturated rings. The standard InChI is InChI=1S/C17H16FNO/c1-12(2)14-4-3-5-16(9-14)20-11-15-8-13(10-19)6-7-17(15)18/h3-9,12H,11H2,1-2H3. The van der Waals surface area contributed by atoms with Gasteiger partial charge in [0.15, 0.2) is 0 Å². The number of nitriles is 1. The molecule has 0 saturated carbocycles. The van der Waals surface area contributed by atoms with Gasteiger partial charge in [0.2, 0.25) is 0 Å². The number of hydrogen-bond acceptors (Lipinski definition) is 2. The molecule has 0 atom stereocenters. The molecular formula is C17H16FNO. The zero-order valence-corrected chi connectivity index (χ0v) is 11.6. The van der Waals surface area contributed by atoms with Gasteiger partial charge in [-0.15, -0.1) is 0 Å². The Morgan fingerprint density at radius 2 is 2.00 bits per heavy atom. The molecular weight excluding hydrogens is 253 g/mol. The SMILES string of the molecule is CC(C)c1cccc(OCc2cc(C#N)ccc2F)c1. The molecule has 2 aromatic rings. The second kappa shape index (κ2) is 6.21. The van der Waals surface area contributed by atoms with Crippen LogP contribution >= 0.6 is 0 Å². The molecule has 0 unspecified atom stereocenters. The molecule has 0 saturated heterocycles. The van der Waals surface area contributed by atoms with Crippen LogP contribution in [0.25, 0.3) is 0 Å². The van der Waals surface area contributed by atoms with Crippen LogP contribution in [0.4, 0.5) is 4.39 Å². The van der Waals surface area contributed by atoms with Crippen molar-refractivity contribution in [3.8, 4) is 11.8 Å². The van der Waals surface area contributed by atoms with Crippen LogP contribution in [-0.4, -0.2) is 0 Å². The summed E-state index contributed by atoms with van der Waals surface area (Å²) in [6, 6.07) is 14.0. The van der Waals surface area contributed by atoms with Crippen molar-refractivity contribution in [3.63, 3.8) is 0 Å². The van der Waals surface area contributed by atoms with Gasteiger partial charge in [-0.3, -0.25) is 0 Å². The third kappa shape index (κ3) is 3.36. The maximum atomic E-state index is 13.6. The highest BCUT2D eigenvalue weighted by Crippen LogP contribution is 2.21. The molecule has 2 aromatic carbocycles. The summed E-state index contributed by atoms with van der Waals surface area (Å²) >= 11 is 0. The van der Waals surface area contributed by atoms with E-state index in [-0.39, 0.29) is 12.4 Å². The molecule has 0 aliphatic heterocycles. The van der Waals surface area contributed by atoms with Gasteiger partial charge in [0, 0.05) is 5.56 Å². The molecule has 3 heteroatoms. The van der Waals surface area contributed by atoms with Crippen molar-refractivity contribution in [1.29, 1.82) is 5.26 Å². The Kier molecular flexibility index (Phi) is 4.37. The van der Waals surface area contributed by atoms with E-state index in [1.807, 2.05) is 30.3 Å². The largest absolute Gasteiger partial charge is 0.489 e. The molecule has 0 aromatic heterocycles. The zero-order valence-electron chi connectivity index (χ0n) is 11.6. The molecule has 0 spiro atoms. The summed E-state index contributed by atoms with van der Waals surface area (Å²) < 4.78 is 19.2.